The number of likely N-dealkylation sites (tertiary alicyclic amines) is 1. The fraction of sp³-hybridized carbons (Fsp3) is 0.667. The van der Waals surface area contributed by atoms with Crippen molar-refractivity contribution in [3.8, 4) is 0 Å². The van der Waals surface area contributed by atoms with Crippen molar-refractivity contribution < 1.29 is 38.6 Å². The highest BCUT2D eigenvalue weighted by molar-refractivity contribution is 5.90. The Morgan fingerprint density at radius 2 is 2.04 bits per heavy atom. The molecular formula is C15H23ClN2O5. The molecule has 0 radical (unpaired) electrons. The Labute approximate surface area is 138 Å². The second-order valence-electron chi connectivity index (χ2n) is 6.48. The van der Waals surface area contributed by atoms with Gasteiger partial charge in [-0.1, -0.05) is 6.08 Å². The first-order chi connectivity index (χ1) is 10.8. The van der Waals surface area contributed by atoms with Crippen LogP contribution in [0.25, 0.3) is 0 Å². The van der Waals surface area contributed by atoms with Gasteiger partial charge in [0.25, 0.3) is 0 Å². The maximum absolute atomic E-state index is 11.6. The van der Waals surface area contributed by atoms with E-state index in [-0.39, 0.29) is 0 Å². The Bertz CT molecular complexity index is 459. The van der Waals surface area contributed by atoms with Crippen LogP contribution >= 0.6 is 0 Å². The molecule has 23 heavy (non-hydrogen) atoms. The number of hydrogen-bond acceptors (Lipinski definition) is 6. The summed E-state index contributed by atoms with van der Waals surface area (Å²) in [7, 11) is -4.94. The highest BCUT2D eigenvalue weighted by Gasteiger charge is 2.43. The van der Waals surface area contributed by atoms with Crippen LogP contribution in [0.1, 0.15) is 19.3 Å². The van der Waals surface area contributed by atoms with Crippen LogP contribution in [0.4, 0.5) is 0 Å². The van der Waals surface area contributed by atoms with Crippen molar-refractivity contribution in [1.82, 2.24) is 4.90 Å². The first kappa shape index (κ1) is 18.4. The summed E-state index contributed by atoms with van der Waals surface area (Å²) >= 11 is 0. The van der Waals surface area contributed by atoms with Crippen LogP contribution in [0.2, 0.25) is 0 Å². The largest absolute Gasteiger partial charge is 0.373 e. The Kier molecular flexibility index (Phi) is 6.19. The highest BCUT2D eigenvalue weighted by atomic mass is 35.7. The average Bonchev–Trinajstić information content (AvgIpc) is 2.44. The van der Waals surface area contributed by atoms with Crippen LogP contribution < -0.4 is 23.5 Å². The zero-order chi connectivity index (χ0) is 17.0. The van der Waals surface area contributed by atoms with E-state index in [0.717, 1.165) is 25.3 Å². The summed E-state index contributed by atoms with van der Waals surface area (Å²) in [6.07, 6.45) is 9.02. The van der Waals surface area contributed by atoms with E-state index in [2.05, 4.69) is 11.5 Å². The van der Waals surface area contributed by atoms with Gasteiger partial charge in [-0.05, 0) is 12.5 Å². The van der Waals surface area contributed by atoms with E-state index in [4.69, 9.17) is 18.6 Å². The number of piperidine rings is 2. The first-order valence-electron chi connectivity index (χ1n) is 7.79. The lowest BCUT2D eigenvalue weighted by atomic mass is 9.77. The van der Waals surface area contributed by atoms with E-state index in [1.54, 1.807) is 11.0 Å². The number of carbonyl (C=O) groups is 1. The molecule has 0 saturated carbocycles. The fourth-order valence-corrected chi connectivity index (χ4v) is 4.01. The van der Waals surface area contributed by atoms with Gasteiger partial charge in [0.15, 0.2) is 5.78 Å². The Hall–Kier alpha value is -0.960. The van der Waals surface area contributed by atoms with Crippen molar-refractivity contribution in [2.24, 2.45) is 11.8 Å². The van der Waals surface area contributed by atoms with Crippen LogP contribution in [0.15, 0.2) is 24.9 Å². The lowest BCUT2D eigenvalue weighted by Gasteiger charge is -2.49. The van der Waals surface area contributed by atoms with E-state index >= 15 is 0 Å². The normalized spacial score (nSPS) is 32.7. The number of fused-ring (bicyclic) bond motifs is 4. The molecule has 4 atom stereocenters. The predicted molar refractivity (Wildman–Crippen MR) is 71.2 cm³/mol. The third-order valence-electron chi connectivity index (χ3n) is 4.77. The average molecular weight is 347 g/mol. The van der Waals surface area contributed by atoms with Crippen LogP contribution in [0.3, 0.4) is 0 Å². The van der Waals surface area contributed by atoms with Crippen molar-refractivity contribution in [2.45, 2.75) is 25.3 Å². The van der Waals surface area contributed by atoms with E-state index in [1.807, 2.05) is 12.3 Å². The van der Waals surface area contributed by atoms with Gasteiger partial charge in [-0.2, -0.15) is 0 Å². The number of quaternary nitrogens is 1. The minimum atomic E-state index is -4.94. The minimum absolute atomic E-state index is 0.313. The van der Waals surface area contributed by atoms with Crippen molar-refractivity contribution in [2.75, 3.05) is 26.2 Å². The number of ketones is 1. The lowest BCUT2D eigenvalue weighted by molar-refractivity contribution is -2.00. The van der Waals surface area contributed by atoms with Gasteiger partial charge in [0.2, 0.25) is 0 Å². The highest BCUT2D eigenvalue weighted by Crippen LogP contribution is 2.32. The van der Waals surface area contributed by atoms with Gasteiger partial charge in [0, 0.05) is 43.5 Å². The molecule has 0 aromatic rings. The summed E-state index contributed by atoms with van der Waals surface area (Å²) in [6, 6.07) is 0.484. The van der Waals surface area contributed by atoms with E-state index in [9.17, 15) is 4.79 Å². The number of carbonyl (C=O) groups excluding carboxylic acids is 1. The Morgan fingerprint density at radius 1 is 1.35 bits per heavy atom. The molecule has 2 fully saturated rings. The van der Waals surface area contributed by atoms with Crippen molar-refractivity contribution in [1.29, 1.82) is 0 Å². The van der Waals surface area contributed by atoms with Crippen LogP contribution in [-0.4, -0.2) is 42.9 Å². The second kappa shape index (κ2) is 7.74. The molecule has 130 valence electrons. The van der Waals surface area contributed by atoms with Gasteiger partial charge in [0.1, 0.15) is 0 Å². The second-order valence-corrected chi connectivity index (χ2v) is 7.23. The molecule has 1 unspecified atom stereocenters. The maximum atomic E-state index is 11.6. The lowest BCUT2D eigenvalue weighted by Crippen LogP contribution is -3.15. The molecule has 0 amide bonds. The molecule has 2 bridgehead atoms. The maximum Gasteiger partial charge on any atom is 0.159 e. The molecule has 8 heteroatoms. The van der Waals surface area contributed by atoms with E-state index in [1.165, 1.54) is 26.1 Å². The quantitative estimate of drug-likeness (QED) is 0.515. The Morgan fingerprint density at radius 3 is 2.70 bits per heavy atom. The van der Waals surface area contributed by atoms with Gasteiger partial charge in [-0.15, -0.1) is 16.8 Å². The number of rotatable bonds is 3. The first-order valence-corrected chi connectivity index (χ1v) is 9.02. The van der Waals surface area contributed by atoms with E-state index < -0.39 is 10.2 Å². The van der Waals surface area contributed by atoms with Gasteiger partial charge in [-0.3, -0.25) is 4.79 Å². The van der Waals surface area contributed by atoms with Crippen molar-refractivity contribution >= 4 is 5.78 Å². The molecule has 3 heterocycles. The number of hydrogen-bond donors (Lipinski definition) is 1. The SMILES string of the molecule is C=CCC[NH+]1C[C@@H]2C[C@H](C1)[C@H]1CC(=O)C=CN1C2.[O-][Cl+3]([O-])([O-])[O-]. The summed E-state index contributed by atoms with van der Waals surface area (Å²) in [5.74, 6) is 1.84. The summed E-state index contributed by atoms with van der Waals surface area (Å²) in [6.45, 7) is 8.73. The summed E-state index contributed by atoms with van der Waals surface area (Å²) in [5, 5.41) is 0. The summed E-state index contributed by atoms with van der Waals surface area (Å²) < 4.78 is 34.0. The molecule has 3 aliphatic heterocycles. The molecule has 0 spiro atoms. The zero-order valence-electron chi connectivity index (χ0n) is 13.0. The predicted octanol–water partition coefficient (Wildman–Crippen LogP) is -4.50. The van der Waals surface area contributed by atoms with Crippen molar-refractivity contribution in [3.05, 3.63) is 24.9 Å². The molecule has 3 rings (SSSR count). The van der Waals surface area contributed by atoms with Gasteiger partial charge < -0.3 is 9.80 Å². The molecule has 1 N–H and O–H groups in total. The monoisotopic (exact) mass is 346 g/mol. The number of nitrogens with one attached hydrogen (secondary N) is 1. The van der Waals surface area contributed by atoms with Gasteiger partial charge in [-0.25, -0.2) is 18.6 Å². The smallest absolute Gasteiger partial charge is 0.159 e. The summed E-state index contributed by atoms with van der Waals surface area (Å²) in [4.78, 5) is 15.8. The molecule has 3 aliphatic rings. The van der Waals surface area contributed by atoms with Crippen molar-refractivity contribution in [3.63, 3.8) is 0 Å². The van der Waals surface area contributed by atoms with Crippen LogP contribution in [0, 0.1) is 22.1 Å². The fourth-order valence-electron chi connectivity index (χ4n) is 4.01. The minimum Gasteiger partial charge on any atom is -0.373 e. The third-order valence-corrected chi connectivity index (χ3v) is 4.77. The molecule has 0 aromatic heterocycles. The number of nitrogens with zero attached hydrogens (tertiary/aromatic N) is 1. The van der Waals surface area contributed by atoms with Crippen LogP contribution in [-0.2, 0) is 4.79 Å². The molecule has 0 aromatic carbocycles. The topological polar surface area (TPSA) is 117 Å². The third kappa shape index (κ3) is 5.87. The number of halogens is 1. The van der Waals surface area contributed by atoms with Crippen LogP contribution in [0.5, 0.6) is 0 Å². The van der Waals surface area contributed by atoms with E-state index in [0.29, 0.717) is 17.7 Å². The zero-order valence-corrected chi connectivity index (χ0v) is 13.7. The van der Waals surface area contributed by atoms with Gasteiger partial charge in [0.05, 0.1) is 19.6 Å². The summed E-state index contributed by atoms with van der Waals surface area (Å²) in [5.41, 5.74) is 0. The molecular weight excluding hydrogens is 324 g/mol. The molecule has 0 aliphatic carbocycles. The molecule has 2 saturated heterocycles. The number of allylic oxidation sites excluding steroid dienone is 1. The Balaban J connectivity index is 0.000000338. The standard InChI is InChI=1S/C15H22N2O.ClHO4/c1-2-3-5-16-9-12-7-13(11-16)15-8-14(18)4-6-17(15)10-12;2-1(3,4)5/h2,4,6,12-13,15H,1,3,5,7-11H2;(H,2,3,4,5)/t12-,13+,15+;/m0./s1. The molecule has 7 nitrogen and oxygen atoms in total. The van der Waals surface area contributed by atoms with Gasteiger partial charge >= 0.3 is 0 Å².